The number of nitrogens with one attached hydrogen (secondary N) is 1. The highest BCUT2D eigenvalue weighted by atomic mass is 32.1. The number of aromatic nitrogens is 1. The van der Waals surface area contributed by atoms with Gasteiger partial charge in [-0.1, -0.05) is 12.8 Å². The van der Waals surface area contributed by atoms with Crippen LogP contribution in [0.5, 0.6) is 0 Å². The number of likely N-dealkylation sites (tertiary alicyclic amines) is 1. The van der Waals surface area contributed by atoms with Crippen LogP contribution in [0.2, 0.25) is 0 Å². The molecule has 2 amide bonds. The Hall–Kier alpha value is -1.63. The Morgan fingerprint density at radius 2 is 2.20 bits per heavy atom. The molecule has 3 atom stereocenters. The zero-order valence-corrected chi connectivity index (χ0v) is 11.8. The number of aliphatic carboxylic acids is 1. The minimum atomic E-state index is -0.909. The van der Waals surface area contributed by atoms with Crippen LogP contribution in [0, 0.1) is 5.92 Å². The van der Waals surface area contributed by atoms with Crippen molar-refractivity contribution >= 4 is 28.5 Å². The molecule has 7 heteroatoms. The SMILES string of the molecule is O=C(O)C1CC2CCCCC2N1C(=O)Nc1nccs1. The van der Waals surface area contributed by atoms with Crippen LogP contribution >= 0.6 is 11.3 Å². The summed E-state index contributed by atoms with van der Waals surface area (Å²) in [5.74, 6) is -0.583. The third-order valence-corrected chi connectivity index (χ3v) is 4.94. The van der Waals surface area contributed by atoms with Crippen molar-refractivity contribution in [1.29, 1.82) is 0 Å². The molecule has 0 aromatic carbocycles. The summed E-state index contributed by atoms with van der Waals surface area (Å²) < 4.78 is 0. The van der Waals surface area contributed by atoms with Crippen molar-refractivity contribution in [1.82, 2.24) is 9.88 Å². The Morgan fingerprint density at radius 1 is 1.40 bits per heavy atom. The number of amides is 2. The average Bonchev–Trinajstić information content (AvgIpc) is 3.04. The molecule has 20 heavy (non-hydrogen) atoms. The van der Waals surface area contributed by atoms with E-state index in [-0.39, 0.29) is 12.1 Å². The first kappa shape index (κ1) is 13.4. The largest absolute Gasteiger partial charge is 0.480 e. The lowest BCUT2D eigenvalue weighted by molar-refractivity contribution is -0.141. The highest BCUT2D eigenvalue weighted by molar-refractivity contribution is 7.13. The molecule has 0 radical (unpaired) electrons. The van der Waals surface area contributed by atoms with Gasteiger partial charge in [0.1, 0.15) is 6.04 Å². The highest BCUT2D eigenvalue weighted by Gasteiger charge is 2.47. The smallest absolute Gasteiger partial charge is 0.326 e. The Kier molecular flexibility index (Phi) is 3.60. The molecule has 2 heterocycles. The van der Waals surface area contributed by atoms with Crippen molar-refractivity contribution in [2.45, 2.75) is 44.2 Å². The summed E-state index contributed by atoms with van der Waals surface area (Å²) in [5, 5.41) is 14.4. The number of carboxylic acid groups (broad SMARTS) is 1. The zero-order valence-electron chi connectivity index (χ0n) is 11.0. The van der Waals surface area contributed by atoms with Crippen molar-refractivity contribution in [2.75, 3.05) is 5.32 Å². The van der Waals surface area contributed by atoms with Crippen LogP contribution in [-0.4, -0.2) is 39.1 Å². The molecule has 0 bridgehead atoms. The fraction of sp³-hybridized carbons (Fsp3) is 0.615. The minimum Gasteiger partial charge on any atom is -0.480 e. The number of thiazole rings is 1. The van der Waals surface area contributed by atoms with E-state index in [4.69, 9.17) is 0 Å². The highest BCUT2D eigenvalue weighted by Crippen LogP contribution is 2.40. The van der Waals surface area contributed by atoms with Crippen LogP contribution in [0.1, 0.15) is 32.1 Å². The molecule has 1 saturated carbocycles. The second-order valence-electron chi connectivity index (χ2n) is 5.38. The number of rotatable bonds is 2. The minimum absolute atomic E-state index is 0.0600. The normalized spacial score (nSPS) is 29.0. The van der Waals surface area contributed by atoms with Crippen LogP contribution < -0.4 is 5.32 Å². The van der Waals surface area contributed by atoms with Crippen LogP contribution in [0.3, 0.4) is 0 Å². The third-order valence-electron chi connectivity index (χ3n) is 4.25. The van der Waals surface area contributed by atoms with Gasteiger partial charge in [0.15, 0.2) is 5.13 Å². The predicted molar refractivity (Wildman–Crippen MR) is 74.8 cm³/mol. The monoisotopic (exact) mass is 295 g/mol. The van der Waals surface area contributed by atoms with E-state index in [0.29, 0.717) is 17.5 Å². The maximum atomic E-state index is 12.4. The van der Waals surface area contributed by atoms with Crippen LogP contribution in [-0.2, 0) is 4.79 Å². The molecule has 108 valence electrons. The molecule has 2 N–H and O–H groups in total. The molecular weight excluding hydrogens is 278 g/mol. The standard InChI is InChI=1S/C13H17N3O3S/c17-11(18)10-7-8-3-1-2-4-9(8)16(10)13(19)15-12-14-5-6-20-12/h5-6,8-10H,1-4,7H2,(H,17,18)(H,14,15,19). The summed E-state index contributed by atoms with van der Waals surface area (Å²) in [6, 6.07) is -0.977. The lowest BCUT2D eigenvalue weighted by atomic mass is 9.85. The van der Waals surface area contributed by atoms with Crippen molar-refractivity contribution in [3.8, 4) is 0 Å². The fourth-order valence-corrected chi connectivity index (χ4v) is 3.93. The topological polar surface area (TPSA) is 82.5 Å². The Bertz CT molecular complexity index is 505. The van der Waals surface area contributed by atoms with Gasteiger partial charge >= 0.3 is 12.0 Å². The van der Waals surface area contributed by atoms with Crippen molar-refractivity contribution in [2.24, 2.45) is 5.92 Å². The van der Waals surface area contributed by atoms with Crippen LogP contribution in [0.25, 0.3) is 0 Å². The molecule has 1 aromatic rings. The van der Waals surface area contributed by atoms with Gasteiger partial charge in [-0.25, -0.2) is 14.6 Å². The van der Waals surface area contributed by atoms with Crippen molar-refractivity contribution in [3.63, 3.8) is 0 Å². The number of carbonyl (C=O) groups is 2. The molecule has 6 nitrogen and oxygen atoms in total. The van der Waals surface area contributed by atoms with E-state index in [1.807, 2.05) is 0 Å². The number of anilines is 1. The van der Waals surface area contributed by atoms with E-state index >= 15 is 0 Å². The predicted octanol–water partition coefficient (Wildman–Crippen LogP) is 2.39. The molecule has 1 aliphatic heterocycles. The number of hydrogen-bond acceptors (Lipinski definition) is 4. The van der Waals surface area contributed by atoms with Gasteiger partial charge in [-0.3, -0.25) is 5.32 Å². The maximum absolute atomic E-state index is 12.4. The summed E-state index contributed by atoms with van der Waals surface area (Å²) in [4.78, 5) is 29.4. The van der Waals surface area contributed by atoms with Crippen LogP contribution in [0.15, 0.2) is 11.6 Å². The van der Waals surface area contributed by atoms with Crippen LogP contribution in [0.4, 0.5) is 9.93 Å². The first-order valence-corrected chi connectivity index (χ1v) is 7.76. The molecule has 3 unspecified atom stereocenters. The fourth-order valence-electron chi connectivity index (χ4n) is 3.41. The van der Waals surface area contributed by atoms with Gasteiger partial charge < -0.3 is 10.0 Å². The second kappa shape index (κ2) is 5.40. The number of carboxylic acids is 1. The lowest BCUT2D eigenvalue weighted by Crippen LogP contribution is -2.48. The zero-order chi connectivity index (χ0) is 14.1. The van der Waals surface area contributed by atoms with Gasteiger partial charge in [0, 0.05) is 17.6 Å². The molecular formula is C13H17N3O3S. The summed E-state index contributed by atoms with van der Waals surface area (Å²) in [6.45, 7) is 0. The second-order valence-corrected chi connectivity index (χ2v) is 6.27. The Balaban J connectivity index is 1.79. The first-order chi connectivity index (χ1) is 9.66. The summed E-state index contributed by atoms with van der Waals surface area (Å²) in [7, 11) is 0. The average molecular weight is 295 g/mol. The lowest BCUT2D eigenvalue weighted by Gasteiger charge is -2.32. The van der Waals surface area contributed by atoms with Gasteiger partial charge in [-0.2, -0.15) is 0 Å². The third kappa shape index (κ3) is 2.37. The van der Waals surface area contributed by atoms with E-state index in [1.165, 1.54) is 16.2 Å². The molecule has 3 rings (SSSR count). The quantitative estimate of drug-likeness (QED) is 0.877. The van der Waals surface area contributed by atoms with E-state index in [0.717, 1.165) is 25.7 Å². The van der Waals surface area contributed by atoms with Crippen molar-refractivity contribution in [3.05, 3.63) is 11.6 Å². The van der Waals surface area contributed by atoms with Gasteiger partial charge in [-0.15, -0.1) is 11.3 Å². The molecule has 1 saturated heterocycles. The van der Waals surface area contributed by atoms with E-state index in [9.17, 15) is 14.7 Å². The van der Waals surface area contributed by atoms with E-state index in [2.05, 4.69) is 10.3 Å². The number of nitrogens with zero attached hydrogens (tertiary/aromatic N) is 2. The molecule has 0 spiro atoms. The van der Waals surface area contributed by atoms with E-state index < -0.39 is 12.0 Å². The molecule has 2 fully saturated rings. The molecule has 1 aliphatic carbocycles. The summed E-state index contributed by atoms with van der Waals surface area (Å²) in [6.07, 6.45) is 6.31. The van der Waals surface area contributed by atoms with E-state index in [1.54, 1.807) is 11.6 Å². The van der Waals surface area contributed by atoms with Gasteiger partial charge in [-0.05, 0) is 25.2 Å². The number of fused-ring (bicyclic) bond motifs is 1. The summed E-state index contributed by atoms with van der Waals surface area (Å²) >= 11 is 1.33. The Morgan fingerprint density at radius 3 is 2.90 bits per heavy atom. The molecule has 2 aliphatic rings. The summed E-state index contributed by atoms with van der Waals surface area (Å²) in [5.41, 5.74) is 0. The van der Waals surface area contributed by atoms with Gasteiger partial charge in [0.05, 0.1) is 0 Å². The molecule has 1 aromatic heterocycles. The number of urea groups is 1. The Labute approximate surface area is 120 Å². The number of carbonyl (C=O) groups excluding carboxylic acids is 1. The van der Waals surface area contributed by atoms with Gasteiger partial charge in [0.2, 0.25) is 0 Å². The van der Waals surface area contributed by atoms with Gasteiger partial charge in [0.25, 0.3) is 0 Å². The maximum Gasteiger partial charge on any atom is 0.326 e. The first-order valence-electron chi connectivity index (χ1n) is 6.88. The van der Waals surface area contributed by atoms with Crippen molar-refractivity contribution < 1.29 is 14.7 Å². The number of hydrogen-bond donors (Lipinski definition) is 2.